The van der Waals surface area contributed by atoms with Gasteiger partial charge in [-0.1, -0.05) is 24.3 Å². The van der Waals surface area contributed by atoms with Crippen molar-refractivity contribution in [3.63, 3.8) is 0 Å². The van der Waals surface area contributed by atoms with Crippen molar-refractivity contribution in [2.24, 2.45) is 0 Å². The lowest BCUT2D eigenvalue weighted by Gasteiger charge is -2.30. The lowest BCUT2D eigenvalue weighted by atomic mass is 9.93. The summed E-state index contributed by atoms with van der Waals surface area (Å²) in [6.07, 6.45) is 0.866. The third-order valence-corrected chi connectivity index (χ3v) is 5.95. The smallest absolute Gasteiger partial charge is 0.253 e. The molecule has 7 nitrogen and oxygen atoms in total. The highest BCUT2D eigenvalue weighted by Crippen LogP contribution is 2.18. The summed E-state index contributed by atoms with van der Waals surface area (Å²) in [6.45, 7) is 3.36. The molecule has 2 aliphatic rings. The maximum Gasteiger partial charge on any atom is 0.253 e. The first-order valence-corrected chi connectivity index (χ1v) is 10.9. The molecule has 2 unspecified atom stereocenters. The number of aliphatic hydroxyl groups is 1. The van der Waals surface area contributed by atoms with Crippen molar-refractivity contribution in [1.82, 2.24) is 15.5 Å². The molecule has 2 aliphatic heterocycles. The summed E-state index contributed by atoms with van der Waals surface area (Å²) >= 11 is 0. The molecule has 0 aromatic heterocycles. The second-order valence-electron chi connectivity index (χ2n) is 8.07. The van der Waals surface area contributed by atoms with Crippen molar-refractivity contribution < 1.29 is 19.4 Å². The average Bonchev–Trinajstić information content (AvgIpc) is 3.11. The molecule has 0 aliphatic carbocycles. The molecule has 1 fully saturated rings. The first-order valence-electron chi connectivity index (χ1n) is 10.9. The number of fused-ring (bicyclic) bond motifs is 1. The van der Waals surface area contributed by atoms with Gasteiger partial charge in [-0.05, 0) is 48.2 Å². The van der Waals surface area contributed by atoms with E-state index in [0.29, 0.717) is 44.0 Å². The van der Waals surface area contributed by atoms with E-state index in [4.69, 9.17) is 4.74 Å². The van der Waals surface area contributed by atoms with Gasteiger partial charge in [0.1, 0.15) is 0 Å². The number of hydrogen-bond acceptors (Lipinski definition) is 5. The summed E-state index contributed by atoms with van der Waals surface area (Å²) in [5.74, 6) is -0.311. The van der Waals surface area contributed by atoms with Gasteiger partial charge in [0.15, 0.2) is 0 Å². The SMILES string of the molecule is O=C(NCC(O)C1Cc2ccccc2CN1)c1ccc(C(=O)N2CCCOCC2)cc1. The summed E-state index contributed by atoms with van der Waals surface area (Å²) in [4.78, 5) is 26.9. The van der Waals surface area contributed by atoms with Crippen LogP contribution in [-0.2, 0) is 17.7 Å². The second-order valence-corrected chi connectivity index (χ2v) is 8.07. The molecule has 0 spiro atoms. The predicted molar refractivity (Wildman–Crippen MR) is 117 cm³/mol. The van der Waals surface area contributed by atoms with Crippen molar-refractivity contribution in [1.29, 1.82) is 0 Å². The van der Waals surface area contributed by atoms with Crippen LogP contribution in [0.2, 0.25) is 0 Å². The maximum absolute atomic E-state index is 12.6. The number of carbonyl (C=O) groups excluding carboxylic acids is 2. The number of nitrogens with zero attached hydrogens (tertiary/aromatic N) is 1. The molecule has 3 N–H and O–H groups in total. The summed E-state index contributed by atoms with van der Waals surface area (Å²) in [6, 6.07) is 14.7. The summed E-state index contributed by atoms with van der Waals surface area (Å²) in [5, 5.41) is 16.7. The molecule has 2 amide bonds. The van der Waals surface area contributed by atoms with Crippen LogP contribution in [0.3, 0.4) is 0 Å². The van der Waals surface area contributed by atoms with Crippen LogP contribution in [0.4, 0.5) is 0 Å². The molecule has 7 heteroatoms. The van der Waals surface area contributed by atoms with Crippen LogP contribution in [0.1, 0.15) is 38.3 Å². The molecule has 4 rings (SSSR count). The number of hydrogen-bond donors (Lipinski definition) is 3. The van der Waals surface area contributed by atoms with Crippen molar-refractivity contribution >= 4 is 11.8 Å². The molecule has 0 radical (unpaired) electrons. The Kier molecular flexibility index (Phi) is 6.96. The fourth-order valence-corrected chi connectivity index (χ4v) is 4.09. The highest BCUT2D eigenvalue weighted by atomic mass is 16.5. The zero-order chi connectivity index (χ0) is 21.6. The third kappa shape index (κ3) is 5.31. The number of nitrogens with one attached hydrogen (secondary N) is 2. The van der Waals surface area contributed by atoms with E-state index in [1.807, 2.05) is 12.1 Å². The number of amides is 2. The van der Waals surface area contributed by atoms with E-state index in [2.05, 4.69) is 22.8 Å². The third-order valence-electron chi connectivity index (χ3n) is 5.95. The van der Waals surface area contributed by atoms with Crippen LogP contribution >= 0.6 is 0 Å². The predicted octanol–water partition coefficient (Wildman–Crippen LogP) is 1.35. The van der Waals surface area contributed by atoms with Crippen LogP contribution < -0.4 is 10.6 Å². The van der Waals surface area contributed by atoms with Gasteiger partial charge in [0, 0.05) is 50.0 Å². The largest absolute Gasteiger partial charge is 0.390 e. The van der Waals surface area contributed by atoms with Crippen LogP contribution in [0.5, 0.6) is 0 Å². The zero-order valence-corrected chi connectivity index (χ0v) is 17.5. The number of benzene rings is 2. The highest BCUT2D eigenvalue weighted by Gasteiger charge is 2.25. The van der Waals surface area contributed by atoms with Crippen LogP contribution in [-0.4, -0.2) is 66.8 Å². The van der Waals surface area contributed by atoms with Gasteiger partial charge < -0.3 is 25.4 Å². The minimum atomic E-state index is -0.691. The summed E-state index contributed by atoms with van der Waals surface area (Å²) in [5.41, 5.74) is 3.50. The zero-order valence-electron chi connectivity index (χ0n) is 17.5. The Morgan fingerprint density at radius 1 is 1.06 bits per heavy atom. The van der Waals surface area contributed by atoms with Gasteiger partial charge in [0.25, 0.3) is 11.8 Å². The summed E-state index contributed by atoms with van der Waals surface area (Å²) in [7, 11) is 0. The van der Waals surface area contributed by atoms with E-state index < -0.39 is 6.10 Å². The highest BCUT2D eigenvalue weighted by molar-refractivity contribution is 5.97. The van der Waals surface area contributed by atoms with Crippen molar-refractivity contribution in [3.05, 3.63) is 70.8 Å². The quantitative estimate of drug-likeness (QED) is 0.676. The molecule has 2 heterocycles. The Balaban J connectivity index is 1.29. The van der Waals surface area contributed by atoms with E-state index in [-0.39, 0.29) is 24.4 Å². The molecular weight excluding hydrogens is 394 g/mol. The minimum absolute atomic E-state index is 0.0449. The fourth-order valence-electron chi connectivity index (χ4n) is 4.09. The van der Waals surface area contributed by atoms with Crippen LogP contribution in [0.15, 0.2) is 48.5 Å². The Bertz CT molecular complexity index is 907. The maximum atomic E-state index is 12.6. The van der Waals surface area contributed by atoms with E-state index in [1.54, 1.807) is 29.2 Å². The number of aliphatic hydroxyl groups excluding tert-OH is 1. The van der Waals surface area contributed by atoms with Crippen LogP contribution in [0.25, 0.3) is 0 Å². The van der Waals surface area contributed by atoms with Crippen LogP contribution in [0, 0.1) is 0 Å². The average molecular weight is 424 g/mol. The molecule has 1 saturated heterocycles. The van der Waals surface area contributed by atoms with Gasteiger partial charge in [-0.25, -0.2) is 0 Å². The van der Waals surface area contributed by atoms with Crippen molar-refractivity contribution in [2.45, 2.75) is 31.5 Å². The number of ether oxygens (including phenoxy) is 1. The monoisotopic (exact) mass is 423 g/mol. The van der Waals surface area contributed by atoms with E-state index >= 15 is 0 Å². The minimum Gasteiger partial charge on any atom is -0.390 e. The topological polar surface area (TPSA) is 90.9 Å². The first-order chi connectivity index (χ1) is 15.1. The Morgan fingerprint density at radius 3 is 2.61 bits per heavy atom. The molecule has 2 aromatic carbocycles. The normalized spacial score (nSPS) is 19.8. The number of rotatable bonds is 5. The van der Waals surface area contributed by atoms with E-state index in [9.17, 15) is 14.7 Å². The molecule has 2 aromatic rings. The fraction of sp³-hybridized carbons (Fsp3) is 0.417. The Hall–Kier alpha value is -2.74. The van der Waals surface area contributed by atoms with E-state index in [1.165, 1.54) is 11.1 Å². The number of carbonyl (C=O) groups is 2. The van der Waals surface area contributed by atoms with Gasteiger partial charge in [-0.2, -0.15) is 0 Å². The van der Waals surface area contributed by atoms with E-state index in [0.717, 1.165) is 12.8 Å². The molecule has 2 atom stereocenters. The molecule has 31 heavy (non-hydrogen) atoms. The van der Waals surface area contributed by atoms with Crippen molar-refractivity contribution in [2.75, 3.05) is 32.8 Å². The van der Waals surface area contributed by atoms with Crippen molar-refractivity contribution in [3.8, 4) is 0 Å². The summed E-state index contributed by atoms with van der Waals surface area (Å²) < 4.78 is 5.40. The Morgan fingerprint density at radius 2 is 1.81 bits per heavy atom. The molecular formula is C24H29N3O4. The van der Waals surface area contributed by atoms with Gasteiger partial charge in [0.05, 0.1) is 12.7 Å². The first kappa shape index (κ1) is 21.5. The van der Waals surface area contributed by atoms with Gasteiger partial charge in [0.2, 0.25) is 0 Å². The van der Waals surface area contributed by atoms with Gasteiger partial charge >= 0.3 is 0 Å². The standard InChI is InChI=1S/C24H29N3O4/c28-22(21-14-19-4-1-2-5-20(19)15-25-21)16-26-23(29)17-6-8-18(9-7-17)24(30)27-10-3-12-31-13-11-27/h1-2,4-9,21-22,25,28H,3,10-16H2,(H,26,29). The molecule has 0 bridgehead atoms. The molecule has 0 saturated carbocycles. The Labute approximate surface area is 182 Å². The molecule has 164 valence electrons. The second kappa shape index (κ2) is 10.0. The lowest BCUT2D eigenvalue weighted by Crippen LogP contribution is -2.49. The van der Waals surface area contributed by atoms with Gasteiger partial charge in [-0.3, -0.25) is 9.59 Å². The van der Waals surface area contributed by atoms with Gasteiger partial charge in [-0.15, -0.1) is 0 Å². The lowest BCUT2D eigenvalue weighted by molar-refractivity contribution is 0.0740.